The number of rotatable bonds is 6. The summed E-state index contributed by atoms with van der Waals surface area (Å²) in [7, 11) is 1.64. The van der Waals surface area contributed by atoms with Crippen molar-refractivity contribution in [2.24, 2.45) is 0 Å². The normalized spacial score (nSPS) is 11.9. The summed E-state index contributed by atoms with van der Waals surface area (Å²) in [6, 6.07) is 0.743. The van der Waals surface area contributed by atoms with E-state index in [2.05, 4.69) is 21.2 Å². The third kappa shape index (κ3) is 5.20. The molecule has 0 saturated heterocycles. The zero-order valence-corrected chi connectivity index (χ0v) is 13.3. The van der Waals surface area contributed by atoms with Crippen LogP contribution < -0.4 is 5.32 Å². The van der Waals surface area contributed by atoms with Gasteiger partial charge in [0.1, 0.15) is 6.04 Å². The summed E-state index contributed by atoms with van der Waals surface area (Å²) < 4.78 is 1.01. The van der Waals surface area contributed by atoms with Gasteiger partial charge in [-0.2, -0.15) is 0 Å². The summed E-state index contributed by atoms with van der Waals surface area (Å²) in [5.41, 5.74) is 1.01. The number of nitrogens with zero attached hydrogens (tertiary/aromatic N) is 1. The number of hydrogen-bond donors (Lipinski definition) is 2. The van der Waals surface area contributed by atoms with Crippen molar-refractivity contribution in [2.45, 2.75) is 32.4 Å². The third-order valence-corrected chi connectivity index (χ3v) is 4.11. The van der Waals surface area contributed by atoms with E-state index in [1.807, 2.05) is 18.4 Å². The molecule has 0 bridgehead atoms. The lowest BCUT2D eigenvalue weighted by Gasteiger charge is -2.20. The molecule has 1 heterocycles. The van der Waals surface area contributed by atoms with Gasteiger partial charge in [0, 0.05) is 13.6 Å². The number of carboxylic acid groups (broad SMARTS) is 1. The van der Waals surface area contributed by atoms with E-state index in [1.165, 1.54) is 4.90 Å². The molecule has 0 aliphatic rings. The Kier molecular flexibility index (Phi) is 6.30. The van der Waals surface area contributed by atoms with Gasteiger partial charge in [-0.25, -0.2) is 9.59 Å². The highest BCUT2D eigenvalue weighted by Gasteiger charge is 2.20. The van der Waals surface area contributed by atoms with Crippen molar-refractivity contribution in [3.8, 4) is 0 Å². The molecule has 0 radical (unpaired) electrons. The first-order chi connectivity index (χ1) is 8.93. The predicted octanol–water partition coefficient (Wildman–Crippen LogP) is 2.91. The second kappa shape index (κ2) is 7.49. The van der Waals surface area contributed by atoms with Crippen LogP contribution in [-0.4, -0.2) is 35.1 Å². The van der Waals surface area contributed by atoms with Crippen molar-refractivity contribution in [1.29, 1.82) is 0 Å². The highest BCUT2D eigenvalue weighted by Crippen LogP contribution is 2.21. The van der Waals surface area contributed by atoms with Crippen LogP contribution in [0.1, 0.15) is 25.3 Å². The summed E-state index contributed by atoms with van der Waals surface area (Å²) in [6.45, 7) is 2.33. The molecule has 2 amide bonds. The van der Waals surface area contributed by atoms with Gasteiger partial charge >= 0.3 is 12.0 Å². The standard InChI is InChI=1S/C12H17BrN2O3S/c1-3-4-9(11(16)17)14-12(18)15(2)6-8-5-10(13)19-7-8/h5,7,9H,3-4,6H2,1-2H3,(H,14,18)(H,16,17)/t9-/m0/s1. The van der Waals surface area contributed by atoms with Crippen LogP contribution >= 0.6 is 27.3 Å². The second-order valence-electron chi connectivity index (χ2n) is 4.24. The van der Waals surface area contributed by atoms with Gasteiger partial charge in [0.05, 0.1) is 3.79 Å². The highest BCUT2D eigenvalue weighted by molar-refractivity contribution is 9.11. The van der Waals surface area contributed by atoms with Gasteiger partial charge in [0.2, 0.25) is 0 Å². The van der Waals surface area contributed by atoms with Gasteiger partial charge < -0.3 is 15.3 Å². The average molecular weight is 349 g/mol. The van der Waals surface area contributed by atoms with Crippen LogP contribution in [0, 0.1) is 0 Å². The third-order valence-electron chi connectivity index (χ3n) is 2.56. The lowest BCUT2D eigenvalue weighted by Crippen LogP contribution is -2.46. The van der Waals surface area contributed by atoms with Crippen LogP contribution in [0.4, 0.5) is 4.79 Å². The van der Waals surface area contributed by atoms with Crippen LogP contribution in [0.15, 0.2) is 15.2 Å². The van der Waals surface area contributed by atoms with Crippen LogP contribution in [0.2, 0.25) is 0 Å². The first kappa shape index (κ1) is 16.0. The van der Waals surface area contributed by atoms with E-state index in [9.17, 15) is 9.59 Å². The minimum Gasteiger partial charge on any atom is -0.480 e. The van der Waals surface area contributed by atoms with Crippen LogP contribution in [0.25, 0.3) is 0 Å². The molecule has 1 aromatic rings. The topological polar surface area (TPSA) is 69.6 Å². The Hall–Kier alpha value is -1.08. The Balaban J connectivity index is 2.54. The maximum atomic E-state index is 11.9. The van der Waals surface area contributed by atoms with E-state index in [0.717, 1.165) is 9.35 Å². The SMILES string of the molecule is CCC[C@H](NC(=O)N(C)Cc1csc(Br)c1)C(=O)O. The zero-order valence-electron chi connectivity index (χ0n) is 10.9. The molecule has 0 aromatic carbocycles. The lowest BCUT2D eigenvalue weighted by atomic mass is 10.2. The number of hydrogen-bond acceptors (Lipinski definition) is 3. The first-order valence-corrected chi connectivity index (χ1v) is 7.58. The Morgan fingerprint density at radius 1 is 1.58 bits per heavy atom. The molecule has 0 saturated carbocycles. The Bertz CT molecular complexity index is 450. The quantitative estimate of drug-likeness (QED) is 0.830. The molecule has 0 fully saturated rings. The first-order valence-electron chi connectivity index (χ1n) is 5.91. The maximum absolute atomic E-state index is 11.9. The predicted molar refractivity (Wildman–Crippen MR) is 78.3 cm³/mol. The molecule has 1 aromatic heterocycles. The minimum atomic E-state index is -0.998. The smallest absolute Gasteiger partial charge is 0.326 e. The van der Waals surface area contributed by atoms with Gasteiger partial charge in [-0.1, -0.05) is 13.3 Å². The van der Waals surface area contributed by atoms with Gasteiger partial charge in [0.25, 0.3) is 0 Å². The Morgan fingerprint density at radius 2 is 2.26 bits per heavy atom. The monoisotopic (exact) mass is 348 g/mol. The fourth-order valence-electron chi connectivity index (χ4n) is 1.58. The summed E-state index contributed by atoms with van der Waals surface area (Å²) in [5.74, 6) is -0.998. The molecular weight excluding hydrogens is 332 g/mol. The van der Waals surface area contributed by atoms with Crippen molar-refractivity contribution in [1.82, 2.24) is 10.2 Å². The van der Waals surface area contributed by atoms with E-state index in [-0.39, 0.29) is 6.03 Å². The number of aliphatic carboxylic acids is 1. The molecule has 0 unspecified atom stereocenters. The van der Waals surface area contributed by atoms with Crippen LogP contribution in [0.5, 0.6) is 0 Å². The van der Waals surface area contributed by atoms with Crippen LogP contribution in [0.3, 0.4) is 0 Å². The molecule has 5 nitrogen and oxygen atoms in total. The van der Waals surface area contributed by atoms with Crippen molar-refractivity contribution < 1.29 is 14.7 Å². The number of nitrogens with one attached hydrogen (secondary N) is 1. The van der Waals surface area contributed by atoms with Gasteiger partial charge in [-0.15, -0.1) is 11.3 Å². The maximum Gasteiger partial charge on any atom is 0.326 e. The highest BCUT2D eigenvalue weighted by atomic mass is 79.9. The molecule has 7 heteroatoms. The molecule has 1 rings (SSSR count). The van der Waals surface area contributed by atoms with Crippen LogP contribution in [-0.2, 0) is 11.3 Å². The molecule has 0 spiro atoms. The number of halogens is 1. The fraction of sp³-hybridized carbons (Fsp3) is 0.500. The molecule has 0 aliphatic heterocycles. The second-order valence-corrected chi connectivity index (χ2v) is 6.53. The van der Waals surface area contributed by atoms with E-state index in [0.29, 0.717) is 19.4 Å². The Labute approximate surface area is 124 Å². The van der Waals surface area contributed by atoms with Crippen molar-refractivity contribution in [3.05, 3.63) is 20.8 Å². The summed E-state index contributed by atoms with van der Waals surface area (Å²) in [6.07, 6.45) is 1.14. The fourth-order valence-corrected chi connectivity index (χ4v) is 2.78. The molecule has 2 N–H and O–H groups in total. The number of amides is 2. The largest absolute Gasteiger partial charge is 0.480 e. The van der Waals surface area contributed by atoms with E-state index in [1.54, 1.807) is 18.4 Å². The number of carboxylic acids is 1. The van der Waals surface area contributed by atoms with Gasteiger partial charge in [-0.05, 0) is 39.4 Å². The summed E-state index contributed by atoms with van der Waals surface area (Å²) in [4.78, 5) is 24.3. The average Bonchev–Trinajstić information content (AvgIpc) is 2.73. The molecule has 0 aliphatic carbocycles. The Morgan fingerprint density at radius 3 is 2.74 bits per heavy atom. The lowest BCUT2D eigenvalue weighted by molar-refractivity contribution is -0.139. The van der Waals surface area contributed by atoms with Gasteiger partial charge in [-0.3, -0.25) is 0 Å². The summed E-state index contributed by atoms with van der Waals surface area (Å²) in [5, 5.41) is 13.5. The molecule has 19 heavy (non-hydrogen) atoms. The summed E-state index contributed by atoms with van der Waals surface area (Å²) >= 11 is 4.91. The number of urea groups is 1. The zero-order chi connectivity index (χ0) is 14.4. The van der Waals surface area contributed by atoms with Gasteiger partial charge in [0.15, 0.2) is 0 Å². The van der Waals surface area contributed by atoms with Crippen molar-refractivity contribution in [2.75, 3.05) is 7.05 Å². The number of carbonyl (C=O) groups excluding carboxylic acids is 1. The van der Waals surface area contributed by atoms with E-state index >= 15 is 0 Å². The molecule has 1 atom stereocenters. The number of thiophene rings is 1. The van der Waals surface area contributed by atoms with E-state index in [4.69, 9.17) is 5.11 Å². The number of carbonyl (C=O) groups is 2. The minimum absolute atomic E-state index is 0.372. The molecule has 106 valence electrons. The molecular formula is C12H17BrN2O3S. The van der Waals surface area contributed by atoms with E-state index < -0.39 is 12.0 Å². The van der Waals surface area contributed by atoms with Crippen molar-refractivity contribution >= 4 is 39.3 Å². The van der Waals surface area contributed by atoms with Crippen molar-refractivity contribution in [3.63, 3.8) is 0 Å².